The number of aryl methyl sites for hydroxylation is 1. The maximum atomic E-state index is 10.8. The molecule has 116 valence electrons. The second kappa shape index (κ2) is 6.49. The number of hydrogen-bond donors (Lipinski definition) is 1. The van der Waals surface area contributed by atoms with E-state index in [1.807, 2.05) is 30.8 Å². The largest absolute Gasteiger partial charge is 0.388 e. The molecule has 2 atom stereocenters. The fraction of sp³-hybridized carbons (Fsp3) is 0.647. The van der Waals surface area contributed by atoms with Gasteiger partial charge in [-0.1, -0.05) is 17.7 Å². The van der Waals surface area contributed by atoms with Crippen molar-refractivity contribution in [3.05, 3.63) is 34.3 Å². The third-order valence-corrected chi connectivity index (χ3v) is 5.99. The molecule has 2 nitrogen and oxygen atoms in total. The van der Waals surface area contributed by atoms with Gasteiger partial charge in [-0.25, -0.2) is 0 Å². The van der Waals surface area contributed by atoms with Crippen molar-refractivity contribution in [3.8, 4) is 0 Å². The Morgan fingerprint density at radius 1 is 1.33 bits per heavy atom. The van der Waals surface area contributed by atoms with E-state index in [1.54, 1.807) is 0 Å². The molecule has 0 amide bonds. The van der Waals surface area contributed by atoms with Crippen LogP contribution < -0.4 is 0 Å². The Morgan fingerprint density at radius 3 is 2.81 bits per heavy atom. The number of halogens is 1. The summed E-state index contributed by atoms with van der Waals surface area (Å²) in [7, 11) is 0. The molecule has 1 aromatic carbocycles. The molecule has 2 heterocycles. The Hall–Kier alpha value is -0.220. The summed E-state index contributed by atoms with van der Waals surface area (Å²) >= 11 is 8.15. The minimum Gasteiger partial charge on any atom is -0.388 e. The molecule has 4 heteroatoms. The van der Waals surface area contributed by atoms with E-state index in [9.17, 15) is 5.11 Å². The van der Waals surface area contributed by atoms with Crippen LogP contribution in [0.3, 0.4) is 0 Å². The van der Waals surface area contributed by atoms with Gasteiger partial charge in [-0.2, -0.15) is 11.8 Å². The van der Waals surface area contributed by atoms with E-state index < -0.39 is 6.10 Å². The third kappa shape index (κ3) is 3.58. The van der Waals surface area contributed by atoms with Crippen molar-refractivity contribution in [2.24, 2.45) is 5.92 Å². The van der Waals surface area contributed by atoms with Crippen LogP contribution in [0.4, 0.5) is 0 Å². The van der Waals surface area contributed by atoms with Crippen LogP contribution >= 0.6 is 23.4 Å². The molecule has 0 saturated carbocycles. The molecular weight excluding hydrogens is 304 g/mol. The smallest absolute Gasteiger partial charge is 0.0820 e. The van der Waals surface area contributed by atoms with Crippen LogP contribution in [0.25, 0.3) is 0 Å². The van der Waals surface area contributed by atoms with Crippen molar-refractivity contribution in [2.75, 3.05) is 18.1 Å². The number of aliphatic hydroxyl groups is 1. The zero-order chi connectivity index (χ0) is 14.9. The van der Waals surface area contributed by atoms with Gasteiger partial charge >= 0.3 is 0 Å². The van der Waals surface area contributed by atoms with Crippen molar-refractivity contribution < 1.29 is 9.84 Å². The van der Waals surface area contributed by atoms with Gasteiger partial charge in [-0.05, 0) is 73.3 Å². The molecule has 0 aliphatic carbocycles. The normalized spacial score (nSPS) is 26.7. The lowest BCUT2D eigenvalue weighted by molar-refractivity contribution is -0.121. The molecule has 1 spiro atoms. The SMILES string of the molecule is Cc1cc(Cl)cc(C(O)C2CCOC3(CCSCC3)C2)c1. The van der Waals surface area contributed by atoms with Crippen LogP contribution in [0, 0.1) is 12.8 Å². The minimum absolute atomic E-state index is 0.0166. The maximum absolute atomic E-state index is 10.8. The summed E-state index contributed by atoms with van der Waals surface area (Å²) in [6.07, 6.45) is 3.71. The summed E-state index contributed by atoms with van der Waals surface area (Å²) in [5.41, 5.74) is 2.07. The number of rotatable bonds is 2. The predicted octanol–water partition coefficient (Wildman–Crippen LogP) is 4.37. The van der Waals surface area contributed by atoms with E-state index in [2.05, 4.69) is 6.07 Å². The molecule has 2 aliphatic rings. The van der Waals surface area contributed by atoms with Gasteiger partial charge in [0.1, 0.15) is 0 Å². The lowest BCUT2D eigenvalue weighted by Gasteiger charge is -2.44. The Balaban J connectivity index is 1.76. The predicted molar refractivity (Wildman–Crippen MR) is 89.1 cm³/mol. The van der Waals surface area contributed by atoms with Crippen LogP contribution in [-0.2, 0) is 4.74 Å². The van der Waals surface area contributed by atoms with Gasteiger partial charge < -0.3 is 9.84 Å². The molecule has 2 saturated heterocycles. The van der Waals surface area contributed by atoms with E-state index in [4.69, 9.17) is 16.3 Å². The topological polar surface area (TPSA) is 29.5 Å². The minimum atomic E-state index is -0.433. The van der Waals surface area contributed by atoms with Crippen molar-refractivity contribution in [2.45, 2.75) is 44.3 Å². The molecule has 1 N–H and O–H groups in total. The lowest BCUT2D eigenvalue weighted by atomic mass is 9.78. The van der Waals surface area contributed by atoms with E-state index in [-0.39, 0.29) is 11.5 Å². The van der Waals surface area contributed by atoms with Gasteiger partial charge in [0.15, 0.2) is 0 Å². The van der Waals surface area contributed by atoms with Crippen LogP contribution in [-0.4, -0.2) is 28.8 Å². The highest BCUT2D eigenvalue weighted by atomic mass is 35.5. The summed E-state index contributed by atoms with van der Waals surface area (Å²) in [6, 6.07) is 5.88. The fourth-order valence-electron chi connectivity index (χ4n) is 3.63. The van der Waals surface area contributed by atoms with Gasteiger partial charge in [0.2, 0.25) is 0 Å². The zero-order valence-electron chi connectivity index (χ0n) is 12.5. The van der Waals surface area contributed by atoms with Gasteiger partial charge in [-0.15, -0.1) is 0 Å². The van der Waals surface area contributed by atoms with Gasteiger partial charge in [-0.3, -0.25) is 0 Å². The molecule has 3 rings (SSSR count). The van der Waals surface area contributed by atoms with Crippen molar-refractivity contribution in [1.82, 2.24) is 0 Å². The van der Waals surface area contributed by atoms with Crippen LogP contribution in [0.5, 0.6) is 0 Å². The van der Waals surface area contributed by atoms with Gasteiger partial charge in [0.25, 0.3) is 0 Å². The Morgan fingerprint density at radius 2 is 2.10 bits per heavy atom. The number of ether oxygens (including phenoxy) is 1. The van der Waals surface area contributed by atoms with Crippen molar-refractivity contribution in [1.29, 1.82) is 0 Å². The summed E-state index contributed by atoms with van der Waals surface area (Å²) in [4.78, 5) is 0. The first-order valence-corrected chi connectivity index (χ1v) is 9.28. The van der Waals surface area contributed by atoms with Gasteiger partial charge in [0, 0.05) is 11.6 Å². The molecule has 0 bridgehead atoms. The Bertz CT molecular complexity index is 474. The quantitative estimate of drug-likeness (QED) is 0.874. The second-order valence-corrected chi connectivity index (χ2v) is 8.06. The summed E-state index contributed by atoms with van der Waals surface area (Å²) in [5.74, 6) is 2.64. The van der Waals surface area contributed by atoms with Crippen molar-refractivity contribution in [3.63, 3.8) is 0 Å². The van der Waals surface area contributed by atoms with Crippen LogP contribution in [0.15, 0.2) is 18.2 Å². The first-order valence-electron chi connectivity index (χ1n) is 7.75. The van der Waals surface area contributed by atoms with E-state index in [1.165, 1.54) is 11.5 Å². The standard InChI is InChI=1S/C17H23ClO2S/c1-12-8-14(10-15(18)9-12)16(19)13-2-5-20-17(11-13)3-6-21-7-4-17/h8-10,13,16,19H,2-7,11H2,1H3. The molecule has 2 unspecified atom stereocenters. The number of hydrogen-bond acceptors (Lipinski definition) is 3. The Labute approximate surface area is 136 Å². The number of benzene rings is 1. The first kappa shape index (κ1) is 15.7. The van der Waals surface area contributed by atoms with E-state index in [0.717, 1.165) is 43.4 Å². The molecular formula is C17H23ClO2S. The average molecular weight is 327 g/mol. The molecule has 2 fully saturated rings. The average Bonchev–Trinajstić information content (AvgIpc) is 2.46. The molecule has 2 aliphatic heterocycles. The number of aliphatic hydroxyl groups excluding tert-OH is 1. The van der Waals surface area contributed by atoms with E-state index in [0.29, 0.717) is 5.02 Å². The highest BCUT2D eigenvalue weighted by Gasteiger charge is 2.41. The highest BCUT2D eigenvalue weighted by molar-refractivity contribution is 7.99. The molecule has 0 aromatic heterocycles. The van der Waals surface area contributed by atoms with Crippen LogP contribution in [0.1, 0.15) is 42.9 Å². The second-order valence-electron chi connectivity index (χ2n) is 6.40. The lowest BCUT2D eigenvalue weighted by Crippen LogP contribution is -2.44. The first-order chi connectivity index (χ1) is 10.1. The molecule has 1 aromatic rings. The summed E-state index contributed by atoms with van der Waals surface area (Å²) in [6.45, 7) is 2.79. The highest BCUT2D eigenvalue weighted by Crippen LogP contribution is 2.43. The van der Waals surface area contributed by atoms with Crippen molar-refractivity contribution >= 4 is 23.4 Å². The van der Waals surface area contributed by atoms with Crippen LogP contribution in [0.2, 0.25) is 5.02 Å². The zero-order valence-corrected chi connectivity index (χ0v) is 14.1. The van der Waals surface area contributed by atoms with Gasteiger partial charge in [0.05, 0.1) is 11.7 Å². The Kier molecular flexibility index (Phi) is 4.84. The van der Waals surface area contributed by atoms with E-state index >= 15 is 0 Å². The monoisotopic (exact) mass is 326 g/mol. The molecule has 21 heavy (non-hydrogen) atoms. The third-order valence-electron chi connectivity index (χ3n) is 4.79. The molecule has 0 radical (unpaired) electrons. The maximum Gasteiger partial charge on any atom is 0.0820 e. The fourth-order valence-corrected chi connectivity index (χ4v) is 5.17. The summed E-state index contributed by atoms with van der Waals surface area (Å²) in [5, 5.41) is 11.5. The summed E-state index contributed by atoms with van der Waals surface area (Å²) < 4.78 is 6.12. The number of thioether (sulfide) groups is 1.